The first-order valence-electron chi connectivity index (χ1n) is 10.5. The number of nitriles is 1. The summed E-state index contributed by atoms with van der Waals surface area (Å²) >= 11 is 0.00313. The second-order valence-corrected chi connectivity index (χ2v) is 17.0. The minimum absolute atomic E-state index is 0.00313. The molecule has 0 aromatic heterocycles. The molecule has 2 aromatic carbocycles. The third-order valence-electron chi connectivity index (χ3n) is 5.77. The molecule has 0 N–H and O–H groups in total. The molecule has 2 aromatic rings. The molecule has 1 nitrogen and oxygen atoms in total. The average Bonchev–Trinajstić information content (AvgIpc) is 2.80. The Morgan fingerprint density at radius 3 is 0.976 bits per heavy atom. The molecule has 42 heavy (non-hydrogen) atoms. The van der Waals surface area contributed by atoms with Crippen molar-refractivity contribution < 1.29 is 95.5 Å². The van der Waals surface area contributed by atoms with Crippen molar-refractivity contribution in [1.82, 2.24) is 0 Å². The van der Waals surface area contributed by atoms with Crippen molar-refractivity contribution >= 4 is 6.57 Å². The van der Waals surface area contributed by atoms with Crippen molar-refractivity contribution in [2.24, 2.45) is 0 Å². The summed E-state index contributed by atoms with van der Waals surface area (Å²) in [4.78, 5) is 0. The predicted molar refractivity (Wildman–Crippen MR) is 112 cm³/mol. The SMILES string of the molecule is Cc1ccc([I+]c2ccc(C)cc2)cc1.N#CC[P-](F)(F)(C(F)(F)C(F)(F)F)(C(F)(F)C(F)(F)F)C(F)(F)C(F)(F)F. The van der Waals surface area contributed by atoms with Crippen molar-refractivity contribution in [3.63, 3.8) is 0 Å². The summed E-state index contributed by atoms with van der Waals surface area (Å²) in [6, 6.07) is 16.9. The summed E-state index contributed by atoms with van der Waals surface area (Å²) in [7, 11) is 0. The fraction of sp³-hybridized carbons (Fsp3) is 0.409. The number of halogens is 18. The van der Waals surface area contributed by atoms with E-state index in [0.29, 0.717) is 0 Å². The monoisotopic (exact) mass is 775 g/mol. The quantitative estimate of drug-likeness (QED) is 0.172. The molecular formula is C22H16F17INP. The van der Waals surface area contributed by atoms with Gasteiger partial charge < -0.3 is 0 Å². The molecule has 0 unspecified atom stereocenters. The van der Waals surface area contributed by atoms with Gasteiger partial charge in [0.15, 0.2) is 7.14 Å². The number of alkyl halides is 15. The summed E-state index contributed by atoms with van der Waals surface area (Å²) in [6.45, 7) is -9.67. The van der Waals surface area contributed by atoms with E-state index in [2.05, 4.69) is 62.4 Å². The van der Waals surface area contributed by atoms with Gasteiger partial charge in [-0.1, -0.05) is 35.4 Å². The molecule has 0 atom stereocenters. The maximum atomic E-state index is 14.5. The van der Waals surface area contributed by atoms with Gasteiger partial charge in [0.25, 0.3) is 0 Å². The van der Waals surface area contributed by atoms with E-state index in [1.165, 1.54) is 18.3 Å². The molecule has 2 rings (SSSR count). The van der Waals surface area contributed by atoms with Crippen LogP contribution in [0.1, 0.15) is 11.1 Å². The Bertz CT molecular complexity index is 1180. The third-order valence-corrected chi connectivity index (χ3v) is 14.2. The first-order valence-corrected chi connectivity index (χ1v) is 15.3. The van der Waals surface area contributed by atoms with Crippen LogP contribution in [0.3, 0.4) is 0 Å². The van der Waals surface area contributed by atoms with E-state index < -0.39 is 54.3 Å². The van der Waals surface area contributed by atoms with E-state index in [1.54, 1.807) is 0 Å². The van der Waals surface area contributed by atoms with Crippen LogP contribution in [0, 0.1) is 32.3 Å². The first-order chi connectivity index (χ1) is 18.4. The van der Waals surface area contributed by atoms with Gasteiger partial charge in [0.2, 0.25) is 0 Å². The Balaban J connectivity index is 0.000000488. The molecule has 240 valence electrons. The molecule has 0 radical (unpaired) electrons. The van der Waals surface area contributed by atoms with Crippen molar-refractivity contribution in [1.29, 1.82) is 5.26 Å². The van der Waals surface area contributed by atoms with Gasteiger partial charge in [-0.15, -0.1) is 0 Å². The van der Waals surface area contributed by atoms with Crippen LogP contribution in [0.4, 0.5) is 74.3 Å². The van der Waals surface area contributed by atoms with Crippen molar-refractivity contribution in [3.05, 3.63) is 66.8 Å². The van der Waals surface area contributed by atoms with Gasteiger partial charge >= 0.3 is 155 Å². The third kappa shape index (κ3) is 5.17. The number of hydrogen-bond donors (Lipinski definition) is 0. The van der Waals surface area contributed by atoms with Gasteiger partial charge in [0.05, 0.1) is 0 Å². The number of aryl methyl sites for hydroxylation is 2. The Morgan fingerprint density at radius 1 is 0.548 bits per heavy atom. The molecule has 0 bridgehead atoms. The van der Waals surface area contributed by atoms with E-state index in [1.807, 2.05) is 0 Å². The molecule has 0 heterocycles. The summed E-state index contributed by atoms with van der Waals surface area (Å²) in [5, 5.41) is 7.82. The molecule has 0 spiro atoms. The topological polar surface area (TPSA) is 23.8 Å². The minimum atomic E-state index is -13.9. The van der Waals surface area contributed by atoms with E-state index in [-0.39, 0.29) is 21.2 Å². The Labute approximate surface area is 235 Å². The molecule has 0 amide bonds. The zero-order chi connectivity index (χ0) is 33.5. The van der Waals surface area contributed by atoms with E-state index in [4.69, 9.17) is 5.26 Å². The van der Waals surface area contributed by atoms with E-state index in [0.717, 1.165) is 0 Å². The zero-order valence-electron chi connectivity index (χ0n) is 20.5. The van der Waals surface area contributed by atoms with Gasteiger partial charge in [-0.25, -0.2) is 0 Å². The second kappa shape index (κ2) is 10.8. The van der Waals surface area contributed by atoms with Gasteiger partial charge in [-0.3, -0.25) is 0 Å². The summed E-state index contributed by atoms with van der Waals surface area (Å²) < 4.78 is 222. The van der Waals surface area contributed by atoms with Gasteiger partial charge in [0.1, 0.15) is 0 Å². The van der Waals surface area contributed by atoms with Gasteiger partial charge in [-0.2, -0.15) is 0 Å². The fourth-order valence-corrected chi connectivity index (χ4v) is 9.25. The van der Waals surface area contributed by atoms with Crippen LogP contribution in [0.15, 0.2) is 48.5 Å². The van der Waals surface area contributed by atoms with Crippen molar-refractivity contribution in [3.8, 4) is 6.07 Å². The molecule has 20 heteroatoms. The Morgan fingerprint density at radius 2 is 0.786 bits per heavy atom. The zero-order valence-corrected chi connectivity index (χ0v) is 23.6. The molecule has 0 aliphatic carbocycles. The summed E-state index contributed by atoms with van der Waals surface area (Å²) in [5.41, 5.74) is -25.2. The normalized spacial score (nSPS) is 15.6. The Kier molecular flexibility index (Phi) is 9.76. The van der Waals surface area contributed by atoms with Crippen LogP contribution < -0.4 is 21.2 Å². The first kappa shape index (κ1) is 37.9. The van der Waals surface area contributed by atoms with Crippen LogP contribution in [-0.4, -0.2) is 41.7 Å². The number of hydrogen-bond acceptors (Lipinski definition) is 1. The maximum absolute atomic E-state index is 14.5. The summed E-state index contributed by atoms with van der Waals surface area (Å²) in [6.07, 6.45) is -30.5. The van der Waals surface area contributed by atoms with Crippen LogP contribution in [0.2, 0.25) is 0 Å². The van der Waals surface area contributed by atoms with Crippen LogP contribution in [0.5, 0.6) is 0 Å². The molecule has 0 aliphatic rings. The van der Waals surface area contributed by atoms with Crippen LogP contribution >= 0.6 is 6.57 Å². The molecular weight excluding hydrogens is 759 g/mol. The number of rotatable bonds is 6. The van der Waals surface area contributed by atoms with Crippen LogP contribution in [-0.2, 0) is 0 Å². The average molecular weight is 775 g/mol. The Hall–Kier alpha value is -2.10. The van der Waals surface area contributed by atoms with E-state index in [9.17, 15) is 74.3 Å². The standard InChI is InChI=1S/C14H14I.C8H2F17NP/c1-11-3-7-13(8-4-11)15-14-9-5-12(2)6-10-14;9-3(10,11)6(18,19)27(24,25,2-1-26,7(20,21)4(12,13)14)8(22,23)5(15,16)17/h3-10H,1-2H3;2H2/q+1;-1. The molecule has 0 saturated carbocycles. The van der Waals surface area contributed by atoms with E-state index >= 15 is 0 Å². The second-order valence-electron chi connectivity index (χ2n) is 8.74. The predicted octanol–water partition coefficient (Wildman–Crippen LogP) is 7.27. The summed E-state index contributed by atoms with van der Waals surface area (Å²) in [5.74, 6) is 0. The molecule has 0 fully saturated rings. The molecule has 0 saturated heterocycles. The number of nitrogens with zero attached hydrogens (tertiary/aromatic N) is 1. The van der Waals surface area contributed by atoms with Gasteiger partial charge in [0, 0.05) is 0 Å². The fourth-order valence-electron chi connectivity index (χ4n) is 3.24. The van der Waals surface area contributed by atoms with Crippen LogP contribution in [0.25, 0.3) is 0 Å². The van der Waals surface area contributed by atoms with Crippen molar-refractivity contribution in [2.45, 2.75) is 49.4 Å². The molecule has 0 aliphatic heterocycles. The van der Waals surface area contributed by atoms with Crippen molar-refractivity contribution in [2.75, 3.05) is 6.16 Å². The number of benzene rings is 2. The van der Waals surface area contributed by atoms with Gasteiger partial charge in [-0.05, 0) is 38.1 Å².